The van der Waals surface area contributed by atoms with E-state index in [1.54, 1.807) is 18.3 Å². The molecule has 2 heterocycles. The van der Waals surface area contributed by atoms with E-state index in [0.717, 1.165) is 8.27 Å². The van der Waals surface area contributed by atoms with Crippen LogP contribution in [0.25, 0.3) is 10.1 Å². The summed E-state index contributed by atoms with van der Waals surface area (Å²) in [5.74, 6) is -1.06. The standard InChI is InChI=1S/C15H12FIN4O3S/c16-10-5-8(17)1-2-11(10)20-13-9-6-19-25-12(9)7-18-14(13)15(23)21-24-4-3-22/h1-2,5-7,20,22H,3-4H2,(H,21,23). The summed E-state index contributed by atoms with van der Waals surface area (Å²) in [7, 11) is 0. The van der Waals surface area contributed by atoms with Crippen molar-refractivity contribution in [1.29, 1.82) is 0 Å². The van der Waals surface area contributed by atoms with Crippen LogP contribution in [-0.4, -0.2) is 33.6 Å². The van der Waals surface area contributed by atoms with Crippen LogP contribution < -0.4 is 10.8 Å². The molecule has 0 aliphatic heterocycles. The van der Waals surface area contributed by atoms with Crippen molar-refractivity contribution in [1.82, 2.24) is 14.8 Å². The molecule has 0 atom stereocenters. The molecular weight excluding hydrogens is 462 g/mol. The zero-order chi connectivity index (χ0) is 17.8. The van der Waals surface area contributed by atoms with Crippen molar-refractivity contribution in [2.45, 2.75) is 0 Å². The highest BCUT2D eigenvalue weighted by Gasteiger charge is 2.19. The van der Waals surface area contributed by atoms with Crippen molar-refractivity contribution in [2.75, 3.05) is 18.5 Å². The van der Waals surface area contributed by atoms with E-state index in [4.69, 9.17) is 9.94 Å². The number of nitrogens with zero attached hydrogens (tertiary/aromatic N) is 2. The van der Waals surface area contributed by atoms with Crippen molar-refractivity contribution < 1.29 is 19.1 Å². The van der Waals surface area contributed by atoms with Gasteiger partial charge in [-0.15, -0.1) is 0 Å². The number of hydroxylamine groups is 1. The Hall–Kier alpha value is -1.89. The quantitative estimate of drug-likeness (QED) is 0.289. The van der Waals surface area contributed by atoms with Gasteiger partial charge in [0.05, 0.1) is 35.5 Å². The van der Waals surface area contributed by atoms with Crippen LogP contribution >= 0.6 is 34.1 Å². The average Bonchev–Trinajstić information content (AvgIpc) is 3.06. The molecule has 0 aliphatic rings. The van der Waals surface area contributed by atoms with Gasteiger partial charge in [-0.1, -0.05) is 0 Å². The molecule has 10 heteroatoms. The second-order valence-electron chi connectivity index (χ2n) is 4.84. The molecule has 1 aromatic carbocycles. The lowest BCUT2D eigenvalue weighted by molar-refractivity contribution is 0.0165. The number of pyridine rings is 1. The first kappa shape index (κ1) is 17.9. The van der Waals surface area contributed by atoms with Gasteiger partial charge in [0.25, 0.3) is 5.91 Å². The molecule has 3 rings (SSSR count). The average molecular weight is 474 g/mol. The van der Waals surface area contributed by atoms with E-state index in [1.165, 1.54) is 23.8 Å². The van der Waals surface area contributed by atoms with Crippen molar-refractivity contribution in [3.63, 3.8) is 0 Å². The number of hydrogen-bond donors (Lipinski definition) is 3. The van der Waals surface area contributed by atoms with Crippen LogP contribution in [-0.2, 0) is 4.84 Å². The fourth-order valence-electron chi connectivity index (χ4n) is 2.08. The van der Waals surface area contributed by atoms with Gasteiger partial charge in [-0.05, 0) is 52.3 Å². The number of anilines is 2. The first-order chi connectivity index (χ1) is 12.1. The number of amides is 1. The van der Waals surface area contributed by atoms with Gasteiger partial charge in [0.15, 0.2) is 5.69 Å². The molecule has 1 amide bonds. The van der Waals surface area contributed by atoms with Crippen LogP contribution in [0.5, 0.6) is 0 Å². The molecule has 130 valence electrons. The van der Waals surface area contributed by atoms with Crippen molar-refractivity contribution in [2.24, 2.45) is 0 Å². The van der Waals surface area contributed by atoms with Crippen LogP contribution in [0.3, 0.4) is 0 Å². The SMILES string of the molecule is O=C(NOCCO)c1ncc2sncc2c1Nc1ccc(I)cc1F. The largest absolute Gasteiger partial charge is 0.394 e. The first-order valence-electron chi connectivity index (χ1n) is 7.08. The highest BCUT2D eigenvalue weighted by molar-refractivity contribution is 14.1. The lowest BCUT2D eigenvalue weighted by atomic mass is 10.2. The molecule has 0 saturated carbocycles. The molecular formula is C15H12FIN4O3S. The van der Waals surface area contributed by atoms with Crippen molar-refractivity contribution >= 4 is 61.5 Å². The fraction of sp³-hybridized carbons (Fsp3) is 0.133. The molecule has 0 radical (unpaired) electrons. The molecule has 0 fully saturated rings. The maximum Gasteiger partial charge on any atom is 0.295 e. The topological polar surface area (TPSA) is 96.4 Å². The van der Waals surface area contributed by atoms with E-state index in [1.807, 2.05) is 22.6 Å². The minimum Gasteiger partial charge on any atom is -0.394 e. The highest BCUT2D eigenvalue weighted by Crippen LogP contribution is 2.32. The molecule has 0 unspecified atom stereocenters. The number of benzene rings is 1. The van der Waals surface area contributed by atoms with Gasteiger partial charge in [-0.3, -0.25) is 9.63 Å². The predicted molar refractivity (Wildman–Crippen MR) is 100 cm³/mol. The number of aliphatic hydroxyl groups is 1. The molecule has 2 aromatic heterocycles. The lowest BCUT2D eigenvalue weighted by Crippen LogP contribution is -2.26. The Labute approximate surface area is 159 Å². The van der Waals surface area contributed by atoms with Crippen LogP contribution in [0.2, 0.25) is 0 Å². The molecule has 0 spiro atoms. The Morgan fingerprint density at radius 1 is 1.40 bits per heavy atom. The Morgan fingerprint density at radius 3 is 3.00 bits per heavy atom. The normalized spacial score (nSPS) is 10.8. The van der Waals surface area contributed by atoms with Crippen molar-refractivity contribution in [3.8, 4) is 0 Å². The molecule has 3 aromatic rings. The van der Waals surface area contributed by atoms with E-state index < -0.39 is 11.7 Å². The number of carbonyl (C=O) groups excluding carboxylic acids is 1. The number of aliphatic hydroxyl groups excluding tert-OH is 1. The third-order valence-corrected chi connectivity index (χ3v) is 4.58. The minimum absolute atomic E-state index is 0.0311. The molecule has 0 saturated heterocycles. The number of hydrogen-bond acceptors (Lipinski definition) is 7. The Morgan fingerprint density at radius 2 is 2.24 bits per heavy atom. The van der Waals surface area contributed by atoms with Gasteiger partial charge in [-0.25, -0.2) is 14.9 Å². The summed E-state index contributed by atoms with van der Waals surface area (Å²) in [4.78, 5) is 21.3. The minimum atomic E-state index is -0.616. The summed E-state index contributed by atoms with van der Waals surface area (Å²) in [6.45, 7) is -0.289. The van der Waals surface area contributed by atoms with Gasteiger partial charge in [0, 0.05) is 15.2 Å². The summed E-state index contributed by atoms with van der Waals surface area (Å²) < 4.78 is 19.8. The lowest BCUT2D eigenvalue weighted by Gasteiger charge is -2.13. The summed E-state index contributed by atoms with van der Waals surface area (Å²) in [6.07, 6.45) is 3.10. The monoisotopic (exact) mass is 474 g/mol. The van der Waals surface area contributed by atoms with Gasteiger partial charge >= 0.3 is 0 Å². The maximum atomic E-state index is 14.2. The second kappa shape index (κ2) is 7.99. The van der Waals surface area contributed by atoms with E-state index >= 15 is 0 Å². The third-order valence-electron chi connectivity index (χ3n) is 3.18. The van der Waals surface area contributed by atoms with Gasteiger partial charge in [0.1, 0.15) is 5.82 Å². The molecule has 7 nitrogen and oxygen atoms in total. The van der Waals surface area contributed by atoms with Gasteiger partial charge < -0.3 is 10.4 Å². The van der Waals surface area contributed by atoms with E-state index in [-0.39, 0.29) is 24.6 Å². The number of halogens is 2. The molecule has 0 aliphatic carbocycles. The highest BCUT2D eigenvalue weighted by atomic mass is 127. The Balaban J connectivity index is 2.00. The van der Waals surface area contributed by atoms with Crippen LogP contribution in [0.4, 0.5) is 15.8 Å². The Bertz CT molecular complexity index is 921. The maximum absolute atomic E-state index is 14.2. The first-order valence-corrected chi connectivity index (χ1v) is 8.94. The van der Waals surface area contributed by atoms with Crippen LogP contribution in [0, 0.1) is 9.39 Å². The molecule has 25 heavy (non-hydrogen) atoms. The van der Waals surface area contributed by atoms with E-state index in [0.29, 0.717) is 11.1 Å². The summed E-state index contributed by atoms with van der Waals surface area (Å²) in [5.41, 5.74) is 2.77. The smallest absolute Gasteiger partial charge is 0.295 e. The third kappa shape index (κ3) is 4.03. The predicted octanol–water partition coefficient (Wildman–Crippen LogP) is 2.83. The Kier molecular flexibility index (Phi) is 5.73. The number of carbonyl (C=O) groups is 1. The zero-order valence-corrected chi connectivity index (χ0v) is 15.6. The number of aromatic nitrogens is 2. The van der Waals surface area contributed by atoms with Gasteiger partial charge in [0.2, 0.25) is 0 Å². The van der Waals surface area contributed by atoms with Crippen molar-refractivity contribution in [3.05, 3.63) is 45.7 Å². The van der Waals surface area contributed by atoms with Gasteiger partial charge in [-0.2, -0.15) is 4.37 Å². The fourth-order valence-corrected chi connectivity index (χ4v) is 3.16. The number of nitrogens with one attached hydrogen (secondary N) is 2. The second-order valence-corrected chi connectivity index (χ2v) is 6.92. The number of fused-ring (bicyclic) bond motifs is 1. The number of rotatable bonds is 6. The molecule has 3 N–H and O–H groups in total. The summed E-state index contributed by atoms with van der Waals surface area (Å²) >= 11 is 3.23. The zero-order valence-electron chi connectivity index (χ0n) is 12.6. The summed E-state index contributed by atoms with van der Waals surface area (Å²) in [6, 6.07) is 4.71. The molecule has 0 bridgehead atoms. The van der Waals surface area contributed by atoms with Crippen LogP contribution in [0.1, 0.15) is 10.5 Å². The van der Waals surface area contributed by atoms with E-state index in [2.05, 4.69) is 20.2 Å². The van der Waals surface area contributed by atoms with E-state index in [9.17, 15) is 9.18 Å². The summed E-state index contributed by atoms with van der Waals surface area (Å²) in [5, 5.41) is 12.3. The van der Waals surface area contributed by atoms with Crippen LogP contribution in [0.15, 0.2) is 30.6 Å².